The number of fused-ring (bicyclic) bond motifs is 1. The van der Waals surface area contributed by atoms with Crippen LogP contribution in [0.2, 0.25) is 0 Å². The molecule has 136 valence electrons. The summed E-state index contributed by atoms with van der Waals surface area (Å²) < 4.78 is 25.2. The number of likely N-dealkylation sites (tertiary alicyclic amines) is 1. The van der Waals surface area contributed by atoms with Gasteiger partial charge < -0.3 is 10.0 Å². The number of hydrogen-bond donors (Lipinski definition) is 1. The third-order valence-electron chi connectivity index (χ3n) is 4.85. The van der Waals surface area contributed by atoms with Gasteiger partial charge in [0.05, 0.1) is 11.9 Å². The standard InChI is InChI=1S/C17H22N2O5S/c1-25(23,24)19-10-4-5-12-11-13(7-8-14(12)19)16(20)18-9-3-2-6-15(18)17(21)22/h7-8,11,15H,2-6,9-10H2,1H3,(H,21,22). The second kappa shape index (κ2) is 6.67. The Hall–Kier alpha value is -2.09. The van der Waals surface area contributed by atoms with Crippen LogP contribution >= 0.6 is 0 Å². The van der Waals surface area contributed by atoms with Crippen molar-refractivity contribution in [3.63, 3.8) is 0 Å². The first-order valence-corrected chi connectivity index (χ1v) is 10.3. The molecule has 1 N–H and O–H groups in total. The molecule has 2 aliphatic heterocycles. The fraction of sp³-hybridized carbons (Fsp3) is 0.529. The van der Waals surface area contributed by atoms with Crippen LogP contribution in [0, 0.1) is 0 Å². The minimum Gasteiger partial charge on any atom is -0.480 e. The molecule has 8 heteroatoms. The zero-order chi connectivity index (χ0) is 18.2. The zero-order valence-corrected chi connectivity index (χ0v) is 15.0. The average molecular weight is 366 g/mol. The molecule has 0 aliphatic carbocycles. The van der Waals surface area contributed by atoms with Gasteiger partial charge in [0.25, 0.3) is 5.91 Å². The fourth-order valence-corrected chi connectivity index (χ4v) is 4.63. The minimum absolute atomic E-state index is 0.300. The molecule has 1 unspecified atom stereocenters. The highest BCUT2D eigenvalue weighted by Crippen LogP contribution is 2.31. The monoisotopic (exact) mass is 366 g/mol. The zero-order valence-electron chi connectivity index (χ0n) is 14.1. The lowest BCUT2D eigenvalue weighted by molar-refractivity contribution is -0.143. The Morgan fingerprint density at radius 3 is 2.60 bits per heavy atom. The largest absolute Gasteiger partial charge is 0.480 e. The molecule has 1 aromatic carbocycles. The number of carbonyl (C=O) groups is 2. The number of aliphatic carboxylic acids is 1. The van der Waals surface area contributed by atoms with Gasteiger partial charge in [0.2, 0.25) is 10.0 Å². The smallest absolute Gasteiger partial charge is 0.326 e. The summed E-state index contributed by atoms with van der Waals surface area (Å²) in [6.45, 7) is 0.870. The van der Waals surface area contributed by atoms with Crippen LogP contribution < -0.4 is 4.31 Å². The van der Waals surface area contributed by atoms with Gasteiger partial charge in [-0.25, -0.2) is 13.2 Å². The van der Waals surface area contributed by atoms with Gasteiger partial charge in [0.1, 0.15) is 6.04 Å². The summed E-state index contributed by atoms with van der Waals surface area (Å²) in [5, 5.41) is 9.35. The van der Waals surface area contributed by atoms with Gasteiger partial charge >= 0.3 is 5.97 Å². The van der Waals surface area contributed by atoms with Crippen molar-refractivity contribution in [1.29, 1.82) is 0 Å². The van der Waals surface area contributed by atoms with Crippen molar-refractivity contribution in [2.24, 2.45) is 0 Å². The van der Waals surface area contributed by atoms with Crippen LogP contribution in [-0.2, 0) is 21.2 Å². The number of carboxylic acids is 1. The van der Waals surface area contributed by atoms with Crippen LogP contribution in [0.5, 0.6) is 0 Å². The maximum absolute atomic E-state index is 12.8. The summed E-state index contributed by atoms with van der Waals surface area (Å²) in [7, 11) is -3.35. The second-order valence-corrected chi connectivity index (χ2v) is 8.54. The van der Waals surface area contributed by atoms with Gasteiger partial charge in [-0.05, 0) is 55.9 Å². The van der Waals surface area contributed by atoms with Gasteiger partial charge in [-0.2, -0.15) is 0 Å². The Morgan fingerprint density at radius 2 is 1.92 bits per heavy atom. The third kappa shape index (κ3) is 3.49. The molecule has 2 heterocycles. The number of piperidine rings is 1. The van der Waals surface area contributed by atoms with Crippen molar-refractivity contribution in [3.05, 3.63) is 29.3 Å². The molecule has 1 amide bonds. The number of nitrogens with zero attached hydrogens (tertiary/aromatic N) is 2. The number of rotatable bonds is 3. The second-order valence-electron chi connectivity index (χ2n) is 6.63. The maximum atomic E-state index is 12.8. The minimum atomic E-state index is -3.35. The van der Waals surface area contributed by atoms with E-state index in [1.807, 2.05) is 0 Å². The maximum Gasteiger partial charge on any atom is 0.326 e. The number of carboxylic acid groups (broad SMARTS) is 1. The highest BCUT2D eigenvalue weighted by Gasteiger charge is 2.33. The molecular formula is C17H22N2O5S. The Balaban J connectivity index is 1.91. The highest BCUT2D eigenvalue weighted by atomic mass is 32.2. The van der Waals surface area contributed by atoms with Crippen LogP contribution in [0.1, 0.15) is 41.6 Å². The van der Waals surface area contributed by atoms with Crippen molar-refractivity contribution in [3.8, 4) is 0 Å². The van der Waals surface area contributed by atoms with E-state index in [2.05, 4.69) is 0 Å². The molecule has 3 rings (SSSR count). The first-order chi connectivity index (χ1) is 11.8. The first-order valence-electron chi connectivity index (χ1n) is 8.43. The van der Waals surface area contributed by atoms with Gasteiger partial charge in [0.15, 0.2) is 0 Å². The van der Waals surface area contributed by atoms with Crippen molar-refractivity contribution in [1.82, 2.24) is 4.90 Å². The summed E-state index contributed by atoms with van der Waals surface area (Å²) in [4.78, 5) is 25.7. The number of anilines is 1. The molecule has 0 saturated carbocycles. The van der Waals surface area contributed by atoms with Gasteiger partial charge in [0, 0.05) is 18.7 Å². The van der Waals surface area contributed by atoms with E-state index >= 15 is 0 Å². The number of aryl methyl sites for hydroxylation is 1. The Kier molecular flexibility index (Phi) is 4.73. The molecule has 25 heavy (non-hydrogen) atoms. The SMILES string of the molecule is CS(=O)(=O)N1CCCc2cc(C(=O)N3CCCCC3C(=O)O)ccc21. The quantitative estimate of drug-likeness (QED) is 0.874. The average Bonchev–Trinajstić information content (AvgIpc) is 2.59. The third-order valence-corrected chi connectivity index (χ3v) is 6.03. The van der Waals surface area contributed by atoms with Gasteiger partial charge in [-0.3, -0.25) is 9.10 Å². The summed E-state index contributed by atoms with van der Waals surface area (Å²) in [6.07, 6.45) is 4.63. The molecule has 0 aromatic heterocycles. The highest BCUT2D eigenvalue weighted by molar-refractivity contribution is 7.92. The summed E-state index contributed by atoms with van der Waals surface area (Å²) in [6, 6.07) is 4.17. The van der Waals surface area contributed by atoms with Crippen molar-refractivity contribution >= 4 is 27.6 Å². The van der Waals surface area contributed by atoms with E-state index in [4.69, 9.17) is 0 Å². The van der Waals surface area contributed by atoms with E-state index in [1.54, 1.807) is 18.2 Å². The number of benzene rings is 1. The van der Waals surface area contributed by atoms with Crippen LogP contribution in [0.4, 0.5) is 5.69 Å². The van der Waals surface area contributed by atoms with Crippen LogP contribution in [0.15, 0.2) is 18.2 Å². The molecule has 2 aliphatic rings. The number of sulfonamides is 1. The molecule has 0 spiro atoms. The molecular weight excluding hydrogens is 344 g/mol. The Morgan fingerprint density at radius 1 is 1.16 bits per heavy atom. The van der Waals surface area contributed by atoms with Gasteiger partial charge in [-0.1, -0.05) is 0 Å². The van der Waals surface area contributed by atoms with Crippen molar-refractivity contribution < 1.29 is 23.1 Å². The Labute approximate surface area is 147 Å². The summed E-state index contributed by atoms with van der Waals surface area (Å²) in [5.41, 5.74) is 1.84. The van der Waals surface area contributed by atoms with Crippen molar-refractivity contribution in [2.75, 3.05) is 23.7 Å². The predicted molar refractivity (Wildman–Crippen MR) is 93.3 cm³/mol. The topological polar surface area (TPSA) is 95.0 Å². The van der Waals surface area contributed by atoms with Crippen LogP contribution in [-0.4, -0.2) is 55.7 Å². The molecule has 1 aromatic rings. The van der Waals surface area contributed by atoms with Crippen LogP contribution in [0.25, 0.3) is 0 Å². The predicted octanol–water partition coefficient (Wildman–Crippen LogP) is 1.48. The lowest BCUT2D eigenvalue weighted by atomic mass is 9.98. The fourth-order valence-electron chi connectivity index (χ4n) is 3.64. The van der Waals surface area contributed by atoms with Crippen LogP contribution in [0.3, 0.4) is 0 Å². The normalized spacial score (nSPS) is 20.9. The molecule has 1 fully saturated rings. The van der Waals surface area contributed by atoms with E-state index in [0.29, 0.717) is 43.6 Å². The van der Waals surface area contributed by atoms with E-state index in [0.717, 1.165) is 18.4 Å². The van der Waals surface area contributed by atoms with Gasteiger partial charge in [-0.15, -0.1) is 0 Å². The molecule has 1 saturated heterocycles. The molecule has 0 bridgehead atoms. The number of carbonyl (C=O) groups excluding carboxylic acids is 1. The van der Waals surface area contributed by atoms with E-state index in [1.165, 1.54) is 15.5 Å². The first kappa shape index (κ1) is 17.7. The molecule has 0 radical (unpaired) electrons. The molecule has 1 atom stereocenters. The lowest BCUT2D eigenvalue weighted by Gasteiger charge is -2.34. The van der Waals surface area contributed by atoms with E-state index in [-0.39, 0.29) is 5.91 Å². The number of hydrogen-bond acceptors (Lipinski definition) is 4. The number of amides is 1. The Bertz CT molecular complexity index is 805. The van der Waals surface area contributed by atoms with E-state index in [9.17, 15) is 23.1 Å². The summed E-state index contributed by atoms with van der Waals surface area (Å²) >= 11 is 0. The molecule has 7 nitrogen and oxygen atoms in total. The van der Waals surface area contributed by atoms with Crippen molar-refractivity contribution in [2.45, 2.75) is 38.1 Å². The van der Waals surface area contributed by atoms with E-state index < -0.39 is 22.0 Å². The summed E-state index contributed by atoms with van der Waals surface area (Å²) in [5.74, 6) is -1.28. The lowest BCUT2D eigenvalue weighted by Crippen LogP contribution is -2.48.